The van der Waals surface area contributed by atoms with Crippen LogP contribution in [0.5, 0.6) is 17.9 Å². The maximum absolute atomic E-state index is 11.8. The van der Waals surface area contributed by atoms with Gasteiger partial charge in [-0.15, -0.1) is 0 Å². The summed E-state index contributed by atoms with van der Waals surface area (Å²) in [5, 5.41) is 2.74. The number of nitrogens with two attached hydrogens (primary N) is 1. The van der Waals surface area contributed by atoms with Crippen molar-refractivity contribution in [2.75, 3.05) is 25.5 Å². The maximum Gasteiger partial charge on any atom is 0.320 e. The van der Waals surface area contributed by atoms with Gasteiger partial charge in [0.05, 0.1) is 13.2 Å². The number of nitrogen functional groups attached to an aromatic ring is 1. The summed E-state index contributed by atoms with van der Waals surface area (Å²) >= 11 is 1.75. The summed E-state index contributed by atoms with van der Waals surface area (Å²) in [6.07, 6.45) is 2.22. The first-order valence-electron chi connectivity index (χ1n) is 8.43. The predicted molar refractivity (Wildman–Crippen MR) is 106 cm³/mol. The number of fused-ring (bicyclic) bond motifs is 9. The number of ether oxygens (including phenoxy) is 2. The molecule has 3 aromatic heterocycles. The molecule has 146 valence electrons. The predicted octanol–water partition coefficient (Wildman–Crippen LogP) is 0.858. The number of halogens is 1. The Morgan fingerprint density at radius 2 is 2.14 bits per heavy atom. The third-order valence-corrected chi connectivity index (χ3v) is 4.39. The second kappa shape index (κ2) is 8.00. The molecule has 4 bridgehead atoms. The molecular formula is C16H16IN7O4. The normalized spacial score (nSPS) is 15.0. The summed E-state index contributed by atoms with van der Waals surface area (Å²) in [5.74, 6) is 0.325. The number of hydrogen-bond donors (Lipinski definition) is 2. The summed E-state index contributed by atoms with van der Waals surface area (Å²) in [7, 11) is 0. The lowest BCUT2D eigenvalue weighted by Gasteiger charge is -2.08. The molecule has 0 spiro atoms. The first kappa shape index (κ1) is 18.5. The number of carbonyl (C=O) groups excluding carboxylic acids is 1. The van der Waals surface area contributed by atoms with E-state index < -0.39 is 0 Å². The van der Waals surface area contributed by atoms with E-state index in [4.69, 9.17) is 18.3 Å². The van der Waals surface area contributed by atoms with E-state index >= 15 is 0 Å². The Balaban J connectivity index is 1.75. The fourth-order valence-corrected chi connectivity index (χ4v) is 3.01. The summed E-state index contributed by atoms with van der Waals surface area (Å²) in [5.41, 5.74) is 7.81. The number of carbonyl (C=O) groups is 1. The summed E-state index contributed by atoms with van der Waals surface area (Å²) in [6.45, 7) is 1.02. The molecule has 0 unspecified atom stereocenters. The maximum atomic E-state index is 11.8. The van der Waals surface area contributed by atoms with Crippen molar-refractivity contribution < 1.29 is 17.3 Å². The van der Waals surface area contributed by atoms with Crippen LogP contribution >= 0.6 is 23.0 Å². The molecule has 11 nitrogen and oxygen atoms in total. The SMILES string of the molecule is Nc1nc2nc3c1nc(OI)n3Cc1ccc(nc1)OCC(=O)NCCCO2. The first-order valence-corrected chi connectivity index (χ1v) is 9.31. The Bertz CT molecular complexity index is 1010. The second-order valence-electron chi connectivity index (χ2n) is 5.97. The second-order valence-corrected chi connectivity index (χ2v) is 6.41. The molecule has 0 saturated carbocycles. The molecule has 0 radical (unpaired) electrons. The number of aromatic nitrogens is 5. The number of nitrogens with zero attached hydrogens (tertiary/aromatic N) is 5. The monoisotopic (exact) mass is 497 g/mol. The van der Waals surface area contributed by atoms with Crippen molar-refractivity contribution in [1.82, 2.24) is 29.8 Å². The van der Waals surface area contributed by atoms with Crippen molar-refractivity contribution in [1.29, 1.82) is 0 Å². The summed E-state index contributed by atoms with van der Waals surface area (Å²) in [6, 6.07) is 4.01. The van der Waals surface area contributed by atoms with Crippen LogP contribution in [0.4, 0.5) is 5.82 Å². The molecule has 28 heavy (non-hydrogen) atoms. The van der Waals surface area contributed by atoms with Crippen LogP contribution in [0.15, 0.2) is 18.3 Å². The van der Waals surface area contributed by atoms with Gasteiger partial charge in [0.1, 0.15) is 0 Å². The molecule has 12 heteroatoms. The fourth-order valence-electron chi connectivity index (χ4n) is 2.67. The molecular weight excluding hydrogens is 481 g/mol. The highest BCUT2D eigenvalue weighted by molar-refractivity contribution is 14.1. The topological polar surface area (TPSA) is 139 Å². The number of nitrogens with one attached hydrogen (secondary N) is 1. The Morgan fingerprint density at radius 3 is 2.93 bits per heavy atom. The first-order chi connectivity index (χ1) is 13.6. The molecule has 5 rings (SSSR count). The highest BCUT2D eigenvalue weighted by Gasteiger charge is 2.19. The number of hydrogen-bond acceptors (Lipinski definition) is 9. The van der Waals surface area contributed by atoms with Crippen LogP contribution in [-0.2, 0) is 11.3 Å². The van der Waals surface area contributed by atoms with Gasteiger partial charge in [0.2, 0.25) is 5.88 Å². The number of anilines is 1. The van der Waals surface area contributed by atoms with Crippen molar-refractivity contribution in [2.24, 2.45) is 0 Å². The lowest BCUT2D eigenvalue weighted by molar-refractivity contribution is -0.123. The Hall–Kier alpha value is -2.90. The highest BCUT2D eigenvalue weighted by atomic mass is 127. The van der Waals surface area contributed by atoms with Crippen molar-refractivity contribution in [2.45, 2.75) is 13.0 Å². The number of pyridine rings is 1. The van der Waals surface area contributed by atoms with E-state index in [-0.39, 0.29) is 24.3 Å². The largest absolute Gasteiger partial charge is 0.468 e. The van der Waals surface area contributed by atoms with Gasteiger partial charge in [-0.3, -0.25) is 9.36 Å². The quantitative estimate of drug-likeness (QED) is 0.469. The average molecular weight is 497 g/mol. The zero-order valence-corrected chi connectivity index (χ0v) is 16.7. The molecule has 0 aromatic carbocycles. The lowest BCUT2D eigenvalue weighted by Crippen LogP contribution is -2.30. The third kappa shape index (κ3) is 3.85. The van der Waals surface area contributed by atoms with E-state index in [9.17, 15) is 4.79 Å². The Kier molecular flexibility index (Phi) is 5.27. The van der Waals surface area contributed by atoms with Crippen LogP contribution in [0, 0.1) is 0 Å². The number of rotatable bonds is 1. The molecule has 3 aromatic rings. The lowest BCUT2D eigenvalue weighted by atomic mass is 10.3. The standard InChI is InChI=1S/C16H16IN7O4/c17-28-16-21-12-13(18)22-15-23-14(12)24(16)7-9-2-3-11(20-6-9)27-8-10(25)19-4-1-5-26-15/h2-3,6H,1,4-5,7-8H2,(H,19,25)(H2,18,22,23). The summed E-state index contributed by atoms with van der Waals surface area (Å²) in [4.78, 5) is 29.0. The smallest absolute Gasteiger partial charge is 0.320 e. The van der Waals surface area contributed by atoms with Crippen LogP contribution in [0.1, 0.15) is 12.0 Å². The van der Waals surface area contributed by atoms with Crippen LogP contribution in [-0.4, -0.2) is 50.2 Å². The molecule has 0 atom stereocenters. The minimum absolute atomic E-state index is 0.109. The van der Waals surface area contributed by atoms with Crippen molar-refractivity contribution in [3.63, 3.8) is 0 Å². The van der Waals surface area contributed by atoms with Crippen molar-refractivity contribution in [3.8, 4) is 17.9 Å². The molecule has 5 heterocycles. The molecule has 0 saturated heterocycles. The third-order valence-electron chi connectivity index (χ3n) is 4.00. The van der Waals surface area contributed by atoms with Gasteiger partial charge in [-0.1, -0.05) is 6.07 Å². The van der Waals surface area contributed by atoms with Gasteiger partial charge in [-0.2, -0.15) is 15.0 Å². The zero-order valence-electron chi connectivity index (χ0n) is 14.6. The van der Waals surface area contributed by atoms with Crippen molar-refractivity contribution in [3.05, 3.63) is 23.9 Å². The van der Waals surface area contributed by atoms with Gasteiger partial charge < -0.3 is 23.6 Å². The zero-order chi connectivity index (χ0) is 19.5. The van der Waals surface area contributed by atoms with Crippen molar-refractivity contribution >= 4 is 45.9 Å². The van der Waals surface area contributed by atoms with E-state index in [0.29, 0.717) is 49.2 Å². The minimum atomic E-state index is -0.233. The van der Waals surface area contributed by atoms with Gasteiger partial charge in [-0.25, -0.2) is 4.98 Å². The van der Waals surface area contributed by atoms with Gasteiger partial charge in [0, 0.05) is 18.8 Å². The van der Waals surface area contributed by atoms with Crippen LogP contribution in [0.3, 0.4) is 0 Å². The number of imidazole rings is 1. The minimum Gasteiger partial charge on any atom is -0.468 e. The van der Waals surface area contributed by atoms with Gasteiger partial charge >= 0.3 is 12.0 Å². The molecule has 2 aliphatic rings. The van der Waals surface area contributed by atoms with E-state index in [0.717, 1.165) is 5.56 Å². The van der Waals surface area contributed by atoms with Crippen LogP contribution in [0.2, 0.25) is 0 Å². The van der Waals surface area contributed by atoms with Gasteiger partial charge in [0.15, 0.2) is 46.6 Å². The van der Waals surface area contributed by atoms with Gasteiger partial charge in [-0.05, 0) is 12.0 Å². The van der Waals surface area contributed by atoms with E-state index in [2.05, 4.69) is 25.3 Å². The molecule has 1 amide bonds. The summed E-state index contributed by atoms with van der Waals surface area (Å²) < 4.78 is 18.1. The van der Waals surface area contributed by atoms with E-state index in [1.165, 1.54) is 0 Å². The Labute approximate surface area is 173 Å². The van der Waals surface area contributed by atoms with E-state index in [1.807, 2.05) is 6.07 Å². The van der Waals surface area contributed by atoms with Crippen LogP contribution < -0.4 is 23.6 Å². The molecule has 3 N–H and O–H groups in total. The molecule has 0 aliphatic carbocycles. The number of amides is 1. The van der Waals surface area contributed by atoms with Gasteiger partial charge in [0.25, 0.3) is 5.91 Å². The Morgan fingerprint density at radius 1 is 1.25 bits per heavy atom. The highest BCUT2D eigenvalue weighted by Crippen LogP contribution is 2.27. The fraction of sp³-hybridized carbons (Fsp3) is 0.312. The molecule has 0 fully saturated rings. The average Bonchev–Trinajstić information content (AvgIpc) is 3.05. The van der Waals surface area contributed by atoms with E-state index in [1.54, 1.807) is 39.8 Å². The van der Waals surface area contributed by atoms with Crippen LogP contribution in [0.25, 0.3) is 11.2 Å². The molecule has 2 aliphatic heterocycles.